The molecule has 210 valence electrons. The molecule has 0 aliphatic heterocycles. The molecular formula is C14H18BF12NaO8. The van der Waals surface area contributed by atoms with Crippen LogP contribution < -0.4 is 29.6 Å². The van der Waals surface area contributed by atoms with Crippen molar-refractivity contribution < 1.29 is 123 Å². The third-order valence-electron chi connectivity index (χ3n) is 3.81. The maximum absolute atomic E-state index is 13.2. The van der Waals surface area contributed by atoms with E-state index in [1.807, 2.05) is 0 Å². The van der Waals surface area contributed by atoms with Gasteiger partial charge in [0.1, 0.15) is 0 Å². The van der Waals surface area contributed by atoms with Gasteiger partial charge in [-0.05, 0) is 0 Å². The van der Waals surface area contributed by atoms with Crippen molar-refractivity contribution in [2.24, 2.45) is 0 Å². The van der Waals surface area contributed by atoms with Crippen LogP contribution in [0.3, 0.4) is 0 Å². The predicted octanol–water partition coefficient (Wildman–Crippen LogP) is -2.10. The topological polar surface area (TPSA) is 174 Å². The number of benzene rings is 1. The normalized spacial score (nSPS) is 12.5. The molecule has 0 amide bonds. The summed E-state index contributed by atoms with van der Waals surface area (Å²) in [5, 5.41) is 21.5. The molecular weight excluding hydrogens is 558 g/mol. The first-order valence-electron chi connectivity index (χ1n) is 7.50. The summed E-state index contributed by atoms with van der Waals surface area (Å²) < 4.78 is 166. The Bertz CT molecular complexity index is 669. The summed E-state index contributed by atoms with van der Waals surface area (Å²) in [4.78, 5) is 0. The van der Waals surface area contributed by atoms with Gasteiger partial charge in [0.2, 0.25) is 11.2 Å². The maximum Gasteiger partial charge on any atom is 1.00 e. The van der Waals surface area contributed by atoms with Gasteiger partial charge in [-0.3, -0.25) is 0 Å². The quantitative estimate of drug-likeness (QED) is 0.211. The summed E-state index contributed by atoms with van der Waals surface area (Å²) in [5.74, 6) is 0. The van der Waals surface area contributed by atoms with Gasteiger partial charge in [0.05, 0.1) is 0 Å². The number of methoxy groups -OCH3 is 2. The van der Waals surface area contributed by atoms with E-state index in [2.05, 4.69) is 9.47 Å². The molecule has 0 aliphatic rings. The molecule has 0 aliphatic carbocycles. The van der Waals surface area contributed by atoms with Crippen LogP contribution in [0.15, 0.2) is 18.2 Å². The smallest absolute Gasteiger partial charge is 0.412 e. The van der Waals surface area contributed by atoms with Gasteiger partial charge in [0.15, 0.2) is 0 Å². The molecule has 9 N–H and O–H groups in total. The van der Waals surface area contributed by atoms with Crippen molar-refractivity contribution in [3.63, 3.8) is 0 Å². The van der Waals surface area contributed by atoms with E-state index < -0.39 is 60.4 Å². The molecule has 0 aromatic heterocycles. The van der Waals surface area contributed by atoms with Crippen LogP contribution in [0.5, 0.6) is 0 Å². The Morgan fingerprint density at radius 2 is 0.806 bits per heavy atom. The Kier molecular flexibility index (Phi) is 18.7. The minimum Gasteiger partial charge on any atom is -0.412 e. The van der Waals surface area contributed by atoms with E-state index >= 15 is 0 Å². The zero-order chi connectivity index (χ0) is 26.0. The van der Waals surface area contributed by atoms with E-state index in [1.54, 1.807) is 0 Å². The fourth-order valence-electron chi connectivity index (χ4n) is 2.55. The van der Waals surface area contributed by atoms with Crippen LogP contribution in [-0.2, 0) is 20.7 Å². The molecule has 1 aromatic carbocycles. The van der Waals surface area contributed by atoms with E-state index in [0.29, 0.717) is 0 Å². The van der Waals surface area contributed by atoms with Crippen molar-refractivity contribution in [1.82, 2.24) is 0 Å². The molecule has 8 nitrogen and oxygen atoms in total. The van der Waals surface area contributed by atoms with Crippen molar-refractivity contribution in [2.45, 2.75) is 35.9 Å². The molecule has 1 rings (SSSR count). The molecule has 0 atom stereocenters. The molecule has 0 radical (unpaired) electrons. The number of hydrogen-bond acceptors (Lipinski definition) is 5. The molecule has 22 heteroatoms. The van der Waals surface area contributed by atoms with Crippen molar-refractivity contribution in [3.05, 3.63) is 35.4 Å². The van der Waals surface area contributed by atoms with Crippen LogP contribution >= 0.6 is 0 Å². The standard InChI is InChI=1S/C14H9F12O2.BH3O3.Na.3H2O/c1-27-9(11(15,16)17,12(18,19)20)7-4-3-5-8(6-7)10(28-2,13(21,22)23)14(24,25)26;2-1(3)4;;;;/h4-6H,1-2H3;2-4H;;3*1H2/q-1;;+1;;;. The first-order chi connectivity index (χ1) is 14.1. The second kappa shape index (κ2) is 14.9. The van der Waals surface area contributed by atoms with Crippen LogP contribution in [0, 0.1) is 6.07 Å². The molecule has 0 unspecified atom stereocenters. The zero-order valence-corrected chi connectivity index (χ0v) is 20.0. The molecule has 36 heavy (non-hydrogen) atoms. The number of alkyl halides is 12. The number of halogens is 12. The van der Waals surface area contributed by atoms with Crippen molar-refractivity contribution in [2.75, 3.05) is 14.2 Å². The van der Waals surface area contributed by atoms with Crippen molar-refractivity contribution in [3.8, 4) is 0 Å². The average Bonchev–Trinajstić information content (AvgIpc) is 2.51. The predicted molar refractivity (Wildman–Crippen MR) is 90.1 cm³/mol. The summed E-state index contributed by atoms with van der Waals surface area (Å²) >= 11 is 0. The van der Waals surface area contributed by atoms with Crippen molar-refractivity contribution >= 4 is 7.32 Å². The summed E-state index contributed by atoms with van der Waals surface area (Å²) in [7, 11) is -2.27. The fourth-order valence-corrected chi connectivity index (χ4v) is 2.55. The van der Waals surface area contributed by atoms with E-state index in [1.165, 1.54) is 6.07 Å². The average molecular weight is 576 g/mol. The molecule has 0 fully saturated rings. The van der Waals surface area contributed by atoms with Gasteiger partial charge in [-0.1, -0.05) is 0 Å². The largest absolute Gasteiger partial charge is 1.00 e. The van der Waals surface area contributed by atoms with Gasteiger partial charge >= 0.3 is 61.6 Å². The van der Waals surface area contributed by atoms with Gasteiger partial charge in [-0.2, -0.15) is 77.0 Å². The van der Waals surface area contributed by atoms with Gasteiger partial charge in [-0.25, -0.2) is 0 Å². The molecule has 0 saturated heterocycles. The minimum absolute atomic E-state index is 0. The van der Waals surface area contributed by atoms with Crippen LogP contribution in [0.2, 0.25) is 0 Å². The second-order valence-electron chi connectivity index (χ2n) is 5.62. The Hall–Kier alpha value is -0.875. The molecule has 0 spiro atoms. The van der Waals surface area contributed by atoms with E-state index in [-0.39, 0.29) is 72.3 Å². The molecule has 0 bridgehead atoms. The zero-order valence-electron chi connectivity index (χ0n) is 18.0. The summed E-state index contributed by atoms with van der Waals surface area (Å²) in [5.41, 5.74) is -14.6. The van der Waals surface area contributed by atoms with Crippen molar-refractivity contribution in [1.29, 1.82) is 0 Å². The Morgan fingerprint density at radius 1 is 0.611 bits per heavy atom. The molecule has 1 aromatic rings. The van der Waals surface area contributed by atoms with Crippen LogP contribution in [-0.4, -0.2) is 77.7 Å². The van der Waals surface area contributed by atoms with Gasteiger partial charge in [-0.15, -0.1) is 11.1 Å². The molecule has 0 saturated carbocycles. The first-order valence-corrected chi connectivity index (χ1v) is 7.50. The molecule has 0 heterocycles. The van der Waals surface area contributed by atoms with Gasteiger partial charge in [0, 0.05) is 14.2 Å². The first kappa shape index (κ1) is 45.1. The summed E-state index contributed by atoms with van der Waals surface area (Å²) in [6.45, 7) is 0. The maximum atomic E-state index is 13.2. The Labute approximate surface area is 216 Å². The van der Waals surface area contributed by atoms with E-state index in [4.69, 9.17) is 15.1 Å². The number of hydrogen-bond donors (Lipinski definition) is 3. The van der Waals surface area contributed by atoms with Gasteiger partial charge in [0.25, 0.3) is 0 Å². The minimum atomic E-state index is -6.29. The number of ether oxygens (including phenoxy) is 2. The van der Waals surface area contributed by atoms with E-state index in [9.17, 15) is 52.7 Å². The van der Waals surface area contributed by atoms with Gasteiger partial charge < -0.3 is 41.0 Å². The second-order valence-corrected chi connectivity index (χ2v) is 5.62. The van der Waals surface area contributed by atoms with E-state index in [0.717, 1.165) is 0 Å². The van der Waals surface area contributed by atoms with Crippen LogP contribution in [0.4, 0.5) is 52.7 Å². The SMILES string of the molecule is COC(c1c[c-]cc(C(OC)(C(F)(F)F)C(F)(F)F)c1)(C(F)(F)F)C(F)(F)F.O.O.O.OB(O)O.[Na+]. The monoisotopic (exact) mass is 576 g/mol. The summed E-state index contributed by atoms with van der Waals surface area (Å²) in [6, 6.07) is 0.695. The van der Waals surface area contributed by atoms with Crippen LogP contribution in [0.25, 0.3) is 0 Å². The third-order valence-corrected chi connectivity index (χ3v) is 3.81. The number of rotatable bonds is 4. The Morgan fingerprint density at radius 3 is 0.944 bits per heavy atom. The van der Waals surface area contributed by atoms with Crippen LogP contribution in [0.1, 0.15) is 11.1 Å². The fraction of sp³-hybridized carbons (Fsp3) is 0.571. The Balaban J connectivity index is -0.000000371. The summed E-state index contributed by atoms with van der Waals surface area (Å²) in [6.07, 6.45) is -25.2. The third kappa shape index (κ3) is 8.58.